The van der Waals surface area contributed by atoms with Gasteiger partial charge in [-0.1, -0.05) is 5.21 Å². The number of carboxylic acids is 1. The molecule has 0 spiro atoms. The van der Waals surface area contributed by atoms with Crippen molar-refractivity contribution in [3.63, 3.8) is 0 Å². The Morgan fingerprint density at radius 2 is 2.05 bits per heavy atom. The van der Waals surface area contributed by atoms with Crippen LogP contribution in [0.2, 0.25) is 0 Å². The first-order valence-electron chi connectivity index (χ1n) is 6.55. The van der Waals surface area contributed by atoms with Gasteiger partial charge >= 0.3 is 5.97 Å². The van der Waals surface area contributed by atoms with E-state index in [-0.39, 0.29) is 18.1 Å². The Morgan fingerprint density at radius 3 is 2.55 bits per heavy atom. The average molecular weight is 281 g/mol. The van der Waals surface area contributed by atoms with Gasteiger partial charge in [-0.2, -0.15) is 0 Å². The van der Waals surface area contributed by atoms with Crippen LogP contribution >= 0.6 is 0 Å². The smallest absolute Gasteiger partial charge is 0.358 e. The van der Waals surface area contributed by atoms with E-state index in [9.17, 15) is 9.59 Å². The molecule has 110 valence electrons. The summed E-state index contributed by atoms with van der Waals surface area (Å²) in [6.45, 7) is 1.48. The number of carboxylic acid groups (broad SMARTS) is 1. The fourth-order valence-electron chi connectivity index (χ4n) is 2.34. The molecule has 0 aromatic carbocycles. The highest BCUT2D eigenvalue weighted by Crippen LogP contribution is 2.14. The Hall–Kier alpha value is -1.96. The zero-order chi connectivity index (χ0) is 14.7. The predicted octanol–water partition coefficient (Wildman–Crippen LogP) is -0.471. The third-order valence-electron chi connectivity index (χ3n) is 3.60. The standard InChI is InChI=1S/C12H19N5O3/c1-15(2)9-3-5-16(6-4-9)11(18)8-17-7-10(12(19)20)13-14-17/h7,9H,3-6,8H2,1-2H3,(H,19,20). The van der Waals surface area contributed by atoms with Crippen molar-refractivity contribution in [3.8, 4) is 0 Å². The quantitative estimate of drug-likeness (QED) is 0.802. The van der Waals surface area contributed by atoms with E-state index in [0.717, 1.165) is 25.9 Å². The lowest BCUT2D eigenvalue weighted by molar-refractivity contribution is -0.133. The molecule has 1 aliphatic rings. The SMILES string of the molecule is CN(C)C1CCN(C(=O)Cn2cc(C(=O)O)nn2)CC1. The van der Waals surface area contributed by atoms with Crippen molar-refractivity contribution in [2.75, 3.05) is 27.2 Å². The number of hydrogen-bond donors (Lipinski definition) is 1. The van der Waals surface area contributed by atoms with E-state index >= 15 is 0 Å². The molecular formula is C12H19N5O3. The molecule has 1 aliphatic heterocycles. The van der Waals surface area contributed by atoms with E-state index in [0.29, 0.717) is 6.04 Å². The number of hydrogen-bond acceptors (Lipinski definition) is 5. The second kappa shape index (κ2) is 6.00. The first-order chi connectivity index (χ1) is 9.47. The molecule has 0 radical (unpaired) electrons. The molecule has 1 aromatic heterocycles. The Morgan fingerprint density at radius 1 is 1.40 bits per heavy atom. The van der Waals surface area contributed by atoms with Gasteiger partial charge in [0, 0.05) is 19.1 Å². The first-order valence-corrected chi connectivity index (χ1v) is 6.55. The van der Waals surface area contributed by atoms with E-state index in [2.05, 4.69) is 15.2 Å². The molecule has 1 fully saturated rings. The number of amides is 1. The molecule has 0 saturated carbocycles. The van der Waals surface area contributed by atoms with Gasteiger partial charge in [-0.3, -0.25) is 4.79 Å². The van der Waals surface area contributed by atoms with Crippen LogP contribution in [0.15, 0.2) is 6.20 Å². The van der Waals surface area contributed by atoms with Crippen LogP contribution in [0.1, 0.15) is 23.3 Å². The minimum atomic E-state index is -1.14. The fraction of sp³-hybridized carbons (Fsp3) is 0.667. The summed E-state index contributed by atoms with van der Waals surface area (Å²) >= 11 is 0. The summed E-state index contributed by atoms with van der Waals surface area (Å²) in [6, 6.07) is 0.518. The van der Waals surface area contributed by atoms with Crippen molar-refractivity contribution in [1.29, 1.82) is 0 Å². The van der Waals surface area contributed by atoms with Crippen molar-refractivity contribution >= 4 is 11.9 Å². The molecule has 1 saturated heterocycles. The maximum absolute atomic E-state index is 12.1. The third kappa shape index (κ3) is 3.32. The molecule has 20 heavy (non-hydrogen) atoms. The molecule has 2 rings (SSSR count). The first kappa shape index (κ1) is 14.4. The number of carbonyl (C=O) groups is 2. The van der Waals surface area contributed by atoms with Gasteiger partial charge < -0.3 is 14.9 Å². The monoisotopic (exact) mass is 281 g/mol. The largest absolute Gasteiger partial charge is 0.476 e. The lowest BCUT2D eigenvalue weighted by Crippen LogP contribution is -2.45. The Labute approximate surface area is 117 Å². The maximum atomic E-state index is 12.1. The molecule has 0 atom stereocenters. The normalized spacial score (nSPS) is 16.6. The van der Waals surface area contributed by atoms with E-state index in [4.69, 9.17) is 5.11 Å². The summed E-state index contributed by atoms with van der Waals surface area (Å²) in [5, 5.41) is 15.9. The number of nitrogens with zero attached hydrogens (tertiary/aromatic N) is 5. The molecule has 2 heterocycles. The summed E-state index contributed by atoms with van der Waals surface area (Å²) in [4.78, 5) is 26.8. The number of likely N-dealkylation sites (tertiary alicyclic amines) is 1. The van der Waals surface area contributed by atoms with Crippen molar-refractivity contribution in [3.05, 3.63) is 11.9 Å². The van der Waals surface area contributed by atoms with E-state index in [1.165, 1.54) is 10.9 Å². The number of carbonyl (C=O) groups excluding carboxylic acids is 1. The van der Waals surface area contributed by atoms with Crippen LogP contribution in [0.25, 0.3) is 0 Å². The van der Waals surface area contributed by atoms with Gasteiger partial charge in [-0.25, -0.2) is 9.48 Å². The molecule has 1 aromatic rings. The maximum Gasteiger partial charge on any atom is 0.358 e. The second-order valence-corrected chi connectivity index (χ2v) is 5.18. The van der Waals surface area contributed by atoms with E-state index in [1.807, 2.05) is 14.1 Å². The van der Waals surface area contributed by atoms with Gasteiger partial charge in [0.2, 0.25) is 5.91 Å². The average Bonchev–Trinajstić information content (AvgIpc) is 2.87. The van der Waals surface area contributed by atoms with Gasteiger partial charge in [0.05, 0.1) is 6.20 Å². The summed E-state index contributed by atoms with van der Waals surface area (Å²) in [5.41, 5.74) is -0.149. The van der Waals surface area contributed by atoms with Crippen LogP contribution in [-0.4, -0.2) is 75.0 Å². The summed E-state index contributed by atoms with van der Waals surface area (Å²) in [5.74, 6) is -1.19. The zero-order valence-corrected chi connectivity index (χ0v) is 11.7. The Kier molecular flexibility index (Phi) is 4.33. The number of rotatable bonds is 4. The zero-order valence-electron chi connectivity index (χ0n) is 11.7. The summed E-state index contributed by atoms with van der Waals surface area (Å²) < 4.78 is 1.27. The lowest BCUT2D eigenvalue weighted by atomic mass is 10.0. The third-order valence-corrected chi connectivity index (χ3v) is 3.60. The number of piperidine rings is 1. The molecule has 0 bridgehead atoms. The van der Waals surface area contributed by atoms with Gasteiger partial charge in [0.25, 0.3) is 0 Å². The summed E-state index contributed by atoms with van der Waals surface area (Å²) in [7, 11) is 4.09. The Balaban J connectivity index is 1.87. The number of aromatic nitrogens is 3. The van der Waals surface area contributed by atoms with Crippen LogP contribution in [-0.2, 0) is 11.3 Å². The second-order valence-electron chi connectivity index (χ2n) is 5.18. The van der Waals surface area contributed by atoms with Crippen LogP contribution in [0.4, 0.5) is 0 Å². The van der Waals surface area contributed by atoms with Crippen molar-refractivity contribution < 1.29 is 14.7 Å². The minimum absolute atomic E-state index is 0.0346. The predicted molar refractivity (Wildman–Crippen MR) is 70.3 cm³/mol. The minimum Gasteiger partial charge on any atom is -0.476 e. The van der Waals surface area contributed by atoms with Crippen LogP contribution < -0.4 is 0 Å². The van der Waals surface area contributed by atoms with E-state index in [1.54, 1.807) is 4.90 Å². The topological polar surface area (TPSA) is 91.6 Å². The summed E-state index contributed by atoms with van der Waals surface area (Å²) in [6.07, 6.45) is 3.18. The van der Waals surface area contributed by atoms with Gasteiger partial charge in [0.1, 0.15) is 6.54 Å². The van der Waals surface area contributed by atoms with Crippen LogP contribution in [0, 0.1) is 0 Å². The van der Waals surface area contributed by atoms with E-state index < -0.39 is 5.97 Å². The highest BCUT2D eigenvalue weighted by atomic mass is 16.4. The highest BCUT2D eigenvalue weighted by Gasteiger charge is 2.24. The molecule has 1 amide bonds. The van der Waals surface area contributed by atoms with Crippen LogP contribution in [0.5, 0.6) is 0 Å². The molecule has 0 aliphatic carbocycles. The molecule has 8 heteroatoms. The van der Waals surface area contributed by atoms with Gasteiger partial charge in [0.15, 0.2) is 5.69 Å². The Bertz CT molecular complexity index is 491. The van der Waals surface area contributed by atoms with Crippen molar-refractivity contribution in [2.45, 2.75) is 25.4 Å². The van der Waals surface area contributed by atoms with Gasteiger partial charge in [-0.15, -0.1) is 5.10 Å². The van der Waals surface area contributed by atoms with Crippen molar-refractivity contribution in [1.82, 2.24) is 24.8 Å². The van der Waals surface area contributed by atoms with Crippen molar-refractivity contribution in [2.24, 2.45) is 0 Å². The molecule has 1 N–H and O–H groups in total. The van der Waals surface area contributed by atoms with Crippen LogP contribution in [0.3, 0.4) is 0 Å². The molecule has 8 nitrogen and oxygen atoms in total. The highest BCUT2D eigenvalue weighted by molar-refractivity contribution is 5.84. The van der Waals surface area contributed by atoms with Gasteiger partial charge in [-0.05, 0) is 26.9 Å². The lowest BCUT2D eigenvalue weighted by Gasteiger charge is -2.35. The number of aromatic carboxylic acids is 1. The fourth-order valence-corrected chi connectivity index (χ4v) is 2.34. The molecule has 0 unspecified atom stereocenters. The molecular weight excluding hydrogens is 262 g/mol.